The van der Waals surface area contributed by atoms with Crippen molar-refractivity contribution in [2.75, 3.05) is 0 Å². The first-order valence-corrected chi connectivity index (χ1v) is 6.98. The molecule has 1 aliphatic rings. The third-order valence-electron chi connectivity index (χ3n) is 3.77. The molecule has 0 atom stereocenters. The Balaban J connectivity index is 2.06. The molecule has 0 aliphatic heterocycles. The van der Waals surface area contributed by atoms with Crippen molar-refractivity contribution in [3.8, 4) is 5.75 Å². The van der Waals surface area contributed by atoms with Gasteiger partial charge in [0.25, 0.3) is 0 Å². The van der Waals surface area contributed by atoms with Crippen LogP contribution in [-0.2, 0) is 0 Å². The van der Waals surface area contributed by atoms with Crippen LogP contribution in [-0.4, -0.2) is 16.9 Å². The first-order chi connectivity index (χ1) is 9.16. The van der Waals surface area contributed by atoms with Crippen molar-refractivity contribution in [3.63, 3.8) is 0 Å². The van der Waals surface area contributed by atoms with Gasteiger partial charge in [-0.05, 0) is 38.8 Å². The Morgan fingerprint density at radius 3 is 2.79 bits per heavy atom. The highest BCUT2D eigenvalue weighted by molar-refractivity contribution is 6.11. The molecule has 1 aromatic carbocycles. The maximum absolute atomic E-state index is 12.5. The van der Waals surface area contributed by atoms with Crippen LogP contribution in [0.15, 0.2) is 24.4 Å². The molecule has 1 aromatic heterocycles. The van der Waals surface area contributed by atoms with E-state index in [-0.39, 0.29) is 17.8 Å². The van der Waals surface area contributed by atoms with E-state index in [1.54, 1.807) is 0 Å². The maximum atomic E-state index is 12.5. The van der Waals surface area contributed by atoms with Crippen molar-refractivity contribution < 1.29 is 9.53 Å². The van der Waals surface area contributed by atoms with Crippen molar-refractivity contribution in [1.82, 2.24) is 4.98 Å². The number of hydrogen-bond acceptors (Lipinski definition) is 2. The lowest BCUT2D eigenvalue weighted by atomic mass is 9.80. The van der Waals surface area contributed by atoms with Crippen LogP contribution in [0.2, 0.25) is 0 Å². The molecule has 0 bridgehead atoms. The SMILES string of the molecule is CC(C)Oc1cccc2[nH]cc(C(=O)C3CCC3)c12. The molecule has 3 heteroatoms. The predicted molar refractivity (Wildman–Crippen MR) is 75.7 cm³/mol. The molecule has 2 aromatic rings. The van der Waals surface area contributed by atoms with E-state index in [0.29, 0.717) is 0 Å². The highest BCUT2D eigenvalue weighted by atomic mass is 16.5. The van der Waals surface area contributed by atoms with Gasteiger partial charge in [0.15, 0.2) is 5.78 Å². The normalized spacial score (nSPS) is 15.7. The third-order valence-corrected chi connectivity index (χ3v) is 3.77. The Bertz CT molecular complexity index is 608. The number of ether oxygens (including phenoxy) is 1. The largest absolute Gasteiger partial charge is 0.490 e. The zero-order valence-corrected chi connectivity index (χ0v) is 11.4. The molecule has 0 radical (unpaired) electrons. The Hall–Kier alpha value is -1.77. The van der Waals surface area contributed by atoms with Crippen LogP contribution in [0, 0.1) is 5.92 Å². The summed E-state index contributed by atoms with van der Waals surface area (Å²) in [5, 5.41) is 0.938. The summed E-state index contributed by atoms with van der Waals surface area (Å²) in [6.45, 7) is 4.00. The van der Waals surface area contributed by atoms with Gasteiger partial charge in [-0.3, -0.25) is 4.79 Å². The Labute approximate surface area is 113 Å². The van der Waals surface area contributed by atoms with E-state index < -0.39 is 0 Å². The topological polar surface area (TPSA) is 42.1 Å². The Morgan fingerprint density at radius 2 is 2.16 bits per heavy atom. The van der Waals surface area contributed by atoms with Crippen molar-refractivity contribution in [1.29, 1.82) is 0 Å². The molecule has 1 saturated carbocycles. The maximum Gasteiger partial charge on any atom is 0.168 e. The van der Waals surface area contributed by atoms with E-state index >= 15 is 0 Å². The standard InChI is InChI=1S/C16H19NO2/c1-10(2)19-14-8-4-7-13-15(14)12(9-17-13)16(18)11-5-3-6-11/h4,7-11,17H,3,5-6H2,1-2H3. The van der Waals surface area contributed by atoms with Crippen molar-refractivity contribution in [2.24, 2.45) is 5.92 Å². The Morgan fingerprint density at radius 1 is 1.37 bits per heavy atom. The van der Waals surface area contributed by atoms with Gasteiger partial charge in [-0.25, -0.2) is 0 Å². The van der Waals surface area contributed by atoms with Gasteiger partial charge in [-0.2, -0.15) is 0 Å². The van der Waals surface area contributed by atoms with E-state index in [9.17, 15) is 4.79 Å². The lowest BCUT2D eigenvalue weighted by Crippen LogP contribution is -2.21. The molecule has 19 heavy (non-hydrogen) atoms. The molecule has 3 rings (SSSR count). The van der Waals surface area contributed by atoms with E-state index in [4.69, 9.17) is 4.74 Å². The number of Topliss-reactive ketones (excluding diaryl/α,β-unsaturated/α-hetero) is 1. The number of carbonyl (C=O) groups is 1. The molecule has 0 saturated heterocycles. The number of aromatic nitrogens is 1. The molecule has 3 nitrogen and oxygen atoms in total. The van der Waals surface area contributed by atoms with Gasteiger partial charge in [0.2, 0.25) is 0 Å². The van der Waals surface area contributed by atoms with Gasteiger partial charge < -0.3 is 9.72 Å². The first kappa shape index (κ1) is 12.3. The molecule has 1 aliphatic carbocycles. The number of fused-ring (bicyclic) bond motifs is 1. The number of ketones is 1. The Kier molecular flexibility index (Phi) is 3.05. The second-order valence-electron chi connectivity index (χ2n) is 5.54. The van der Waals surface area contributed by atoms with Crippen molar-refractivity contribution >= 4 is 16.7 Å². The smallest absolute Gasteiger partial charge is 0.168 e. The van der Waals surface area contributed by atoms with Crippen molar-refractivity contribution in [3.05, 3.63) is 30.0 Å². The molecule has 1 fully saturated rings. The molecule has 1 heterocycles. The van der Waals surface area contributed by atoms with E-state index in [1.807, 2.05) is 38.2 Å². The number of carbonyl (C=O) groups excluding carboxylic acids is 1. The van der Waals surface area contributed by atoms with E-state index in [1.165, 1.54) is 6.42 Å². The van der Waals surface area contributed by atoms with Gasteiger partial charge in [-0.1, -0.05) is 12.5 Å². The van der Waals surface area contributed by atoms with Gasteiger partial charge in [0.05, 0.1) is 11.5 Å². The first-order valence-electron chi connectivity index (χ1n) is 6.98. The van der Waals surface area contributed by atoms with Gasteiger partial charge in [-0.15, -0.1) is 0 Å². The van der Waals surface area contributed by atoms with Gasteiger partial charge >= 0.3 is 0 Å². The quantitative estimate of drug-likeness (QED) is 0.843. The number of nitrogens with one attached hydrogen (secondary N) is 1. The highest BCUT2D eigenvalue weighted by Crippen LogP contribution is 2.35. The summed E-state index contributed by atoms with van der Waals surface area (Å²) in [7, 11) is 0. The number of rotatable bonds is 4. The van der Waals surface area contributed by atoms with Crippen LogP contribution in [0.1, 0.15) is 43.5 Å². The molecule has 0 unspecified atom stereocenters. The van der Waals surface area contributed by atoms with Crippen LogP contribution in [0.25, 0.3) is 10.9 Å². The molecular formula is C16H19NO2. The van der Waals surface area contributed by atoms with Crippen molar-refractivity contribution in [2.45, 2.75) is 39.2 Å². The lowest BCUT2D eigenvalue weighted by Gasteiger charge is -2.23. The van der Waals surface area contributed by atoms with E-state index in [2.05, 4.69) is 4.98 Å². The number of benzene rings is 1. The highest BCUT2D eigenvalue weighted by Gasteiger charge is 2.28. The summed E-state index contributed by atoms with van der Waals surface area (Å²) in [5.41, 5.74) is 1.76. The van der Waals surface area contributed by atoms with Crippen LogP contribution in [0.5, 0.6) is 5.75 Å². The number of aromatic amines is 1. The van der Waals surface area contributed by atoms with Crippen LogP contribution < -0.4 is 4.74 Å². The second-order valence-corrected chi connectivity index (χ2v) is 5.54. The summed E-state index contributed by atoms with van der Waals surface area (Å²) in [6.07, 6.45) is 5.16. The average molecular weight is 257 g/mol. The third kappa shape index (κ3) is 2.14. The molecule has 0 amide bonds. The summed E-state index contributed by atoms with van der Waals surface area (Å²) < 4.78 is 5.84. The minimum absolute atomic E-state index is 0.104. The minimum Gasteiger partial charge on any atom is -0.490 e. The van der Waals surface area contributed by atoms with Gasteiger partial charge in [0, 0.05) is 23.2 Å². The van der Waals surface area contributed by atoms with Crippen LogP contribution >= 0.6 is 0 Å². The molecular weight excluding hydrogens is 238 g/mol. The monoisotopic (exact) mass is 257 g/mol. The van der Waals surface area contributed by atoms with Gasteiger partial charge in [0.1, 0.15) is 5.75 Å². The summed E-state index contributed by atoms with van der Waals surface area (Å²) in [5.74, 6) is 1.28. The zero-order valence-electron chi connectivity index (χ0n) is 11.4. The summed E-state index contributed by atoms with van der Waals surface area (Å²) in [6, 6.07) is 5.88. The fraction of sp³-hybridized carbons (Fsp3) is 0.438. The minimum atomic E-state index is 0.104. The predicted octanol–water partition coefficient (Wildman–Crippen LogP) is 3.94. The summed E-state index contributed by atoms with van der Waals surface area (Å²) >= 11 is 0. The zero-order chi connectivity index (χ0) is 13.4. The molecule has 100 valence electrons. The summed E-state index contributed by atoms with van der Waals surface area (Å²) in [4.78, 5) is 15.6. The molecule has 0 spiro atoms. The number of H-pyrrole nitrogens is 1. The second kappa shape index (κ2) is 4.72. The lowest BCUT2D eigenvalue weighted by molar-refractivity contribution is 0.0856. The average Bonchev–Trinajstić information content (AvgIpc) is 2.70. The van der Waals surface area contributed by atoms with Crippen LogP contribution in [0.4, 0.5) is 0 Å². The van der Waals surface area contributed by atoms with Crippen LogP contribution in [0.3, 0.4) is 0 Å². The van der Waals surface area contributed by atoms with E-state index in [0.717, 1.165) is 35.1 Å². The molecule has 1 N–H and O–H groups in total. The number of hydrogen-bond donors (Lipinski definition) is 1. The fourth-order valence-corrected chi connectivity index (χ4v) is 2.59. The fourth-order valence-electron chi connectivity index (χ4n) is 2.59.